The van der Waals surface area contributed by atoms with Crippen LogP contribution in [0.3, 0.4) is 0 Å². The summed E-state index contributed by atoms with van der Waals surface area (Å²) in [5.74, 6) is 0.340. The van der Waals surface area contributed by atoms with Crippen molar-refractivity contribution in [2.45, 2.75) is 46.2 Å². The van der Waals surface area contributed by atoms with Gasteiger partial charge < -0.3 is 5.32 Å². The van der Waals surface area contributed by atoms with Gasteiger partial charge in [-0.2, -0.15) is 0 Å². The third-order valence-corrected chi connectivity index (χ3v) is 5.46. The van der Waals surface area contributed by atoms with E-state index in [1.165, 1.54) is 22.3 Å². The zero-order chi connectivity index (χ0) is 18.5. The van der Waals surface area contributed by atoms with Crippen molar-refractivity contribution in [2.24, 2.45) is 5.92 Å². The van der Waals surface area contributed by atoms with Crippen molar-refractivity contribution in [1.82, 2.24) is 10.2 Å². The summed E-state index contributed by atoms with van der Waals surface area (Å²) in [7, 11) is 0. The molecule has 1 amide bonds. The minimum absolute atomic E-state index is 0.0606. The molecule has 0 radical (unpaired) electrons. The van der Waals surface area contributed by atoms with Gasteiger partial charge >= 0.3 is 0 Å². The van der Waals surface area contributed by atoms with Crippen molar-refractivity contribution in [3.63, 3.8) is 0 Å². The van der Waals surface area contributed by atoms with E-state index in [0.717, 1.165) is 32.5 Å². The first-order valence-electron chi connectivity index (χ1n) is 9.66. The molecule has 2 aromatic carbocycles. The fourth-order valence-corrected chi connectivity index (χ4v) is 3.92. The molecule has 2 aromatic rings. The summed E-state index contributed by atoms with van der Waals surface area (Å²) in [5, 5.41) is 3.23. The van der Waals surface area contributed by atoms with Crippen molar-refractivity contribution >= 4 is 5.91 Å². The summed E-state index contributed by atoms with van der Waals surface area (Å²) in [6.45, 7) is 9.26. The Hall–Kier alpha value is -2.13. The summed E-state index contributed by atoms with van der Waals surface area (Å²) in [5.41, 5.74) is 5.07. The number of carbonyl (C=O) groups excluding carboxylic acids is 1. The first-order chi connectivity index (χ1) is 12.5. The van der Waals surface area contributed by atoms with Crippen molar-refractivity contribution in [3.8, 4) is 0 Å². The van der Waals surface area contributed by atoms with Crippen LogP contribution in [0.5, 0.6) is 0 Å². The van der Waals surface area contributed by atoms with Gasteiger partial charge in [-0.3, -0.25) is 9.69 Å². The first kappa shape index (κ1) is 18.7. The summed E-state index contributed by atoms with van der Waals surface area (Å²) < 4.78 is 0. The van der Waals surface area contributed by atoms with Gasteiger partial charge in [-0.25, -0.2) is 0 Å². The number of aryl methyl sites for hydroxylation is 2. The maximum Gasteiger partial charge on any atom is 0.223 e. The van der Waals surface area contributed by atoms with Gasteiger partial charge in [0.2, 0.25) is 5.91 Å². The highest BCUT2D eigenvalue weighted by Crippen LogP contribution is 2.22. The topological polar surface area (TPSA) is 32.3 Å². The Morgan fingerprint density at radius 1 is 1.12 bits per heavy atom. The predicted octanol–water partition coefficient (Wildman–Crippen LogP) is 4.39. The zero-order valence-corrected chi connectivity index (χ0v) is 16.2. The quantitative estimate of drug-likeness (QED) is 0.867. The van der Waals surface area contributed by atoms with Crippen LogP contribution >= 0.6 is 0 Å². The van der Waals surface area contributed by atoms with Crippen LogP contribution in [0.25, 0.3) is 0 Å². The maximum absolute atomic E-state index is 12.7. The lowest BCUT2D eigenvalue weighted by Crippen LogP contribution is -2.41. The van der Waals surface area contributed by atoms with Crippen LogP contribution < -0.4 is 5.32 Å². The summed E-state index contributed by atoms with van der Waals surface area (Å²) in [6, 6.07) is 17.1. The molecule has 1 heterocycles. The molecule has 1 atom stereocenters. The number of nitrogens with one attached hydrogen (secondary N) is 1. The monoisotopic (exact) mass is 350 g/mol. The van der Waals surface area contributed by atoms with Crippen LogP contribution in [0.15, 0.2) is 48.5 Å². The molecule has 0 saturated carbocycles. The molecular formula is C23H30N2O. The smallest absolute Gasteiger partial charge is 0.223 e. The molecule has 3 rings (SSSR count). The van der Waals surface area contributed by atoms with Crippen LogP contribution in [-0.2, 0) is 11.3 Å². The molecular weight excluding hydrogens is 320 g/mol. The Labute approximate surface area is 157 Å². The molecule has 1 N–H and O–H groups in total. The highest BCUT2D eigenvalue weighted by Gasteiger charge is 2.26. The minimum Gasteiger partial charge on any atom is -0.349 e. The lowest BCUT2D eigenvalue weighted by atomic mass is 9.94. The standard InChI is InChI=1S/C23H30N2O/c1-17-9-10-22(18(2)15-17)19(3)24-23(26)21-11-13-25(14-12-21)16-20-7-5-4-6-8-20/h4-10,15,19,21H,11-14,16H2,1-3H3,(H,24,26). The summed E-state index contributed by atoms with van der Waals surface area (Å²) >= 11 is 0. The molecule has 1 unspecified atom stereocenters. The molecule has 26 heavy (non-hydrogen) atoms. The van der Waals surface area contributed by atoms with Crippen LogP contribution in [-0.4, -0.2) is 23.9 Å². The molecule has 3 heteroatoms. The minimum atomic E-state index is 0.0606. The Bertz CT molecular complexity index is 733. The van der Waals surface area contributed by atoms with Gasteiger partial charge in [0.05, 0.1) is 6.04 Å². The fraction of sp³-hybridized carbons (Fsp3) is 0.435. The highest BCUT2D eigenvalue weighted by molar-refractivity contribution is 5.79. The van der Waals surface area contributed by atoms with Gasteiger partial charge in [0.25, 0.3) is 0 Å². The van der Waals surface area contributed by atoms with E-state index in [4.69, 9.17) is 0 Å². The third-order valence-electron chi connectivity index (χ3n) is 5.46. The van der Waals surface area contributed by atoms with Crippen LogP contribution in [0, 0.1) is 19.8 Å². The van der Waals surface area contributed by atoms with Gasteiger partial charge in [-0.15, -0.1) is 0 Å². The number of likely N-dealkylation sites (tertiary alicyclic amines) is 1. The SMILES string of the molecule is Cc1ccc(C(C)NC(=O)C2CCN(Cc3ccccc3)CC2)c(C)c1. The van der Waals surface area contributed by atoms with Crippen molar-refractivity contribution in [1.29, 1.82) is 0 Å². The van der Waals surface area contributed by atoms with Crippen LogP contribution in [0.4, 0.5) is 0 Å². The molecule has 0 spiro atoms. The van der Waals surface area contributed by atoms with E-state index in [0.29, 0.717) is 0 Å². The van der Waals surface area contributed by atoms with Crippen LogP contribution in [0.1, 0.15) is 48.1 Å². The molecule has 0 aromatic heterocycles. The van der Waals surface area contributed by atoms with E-state index >= 15 is 0 Å². The van der Waals surface area contributed by atoms with E-state index < -0.39 is 0 Å². The number of benzene rings is 2. The zero-order valence-electron chi connectivity index (χ0n) is 16.2. The predicted molar refractivity (Wildman–Crippen MR) is 107 cm³/mol. The van der Waals surface area contributed by atoms with Crippen molar-refractivity contribution in [3.05, 3.63) is 70.8 Å². The molecule has 1 saturated heterocycles. The Morgan fingerprint density at radius 2 is 1.81 bits per heavy atom. The Morgan fingerprint density at radius 3 is 2.46 bits per heavy atom. The average Bonchev–Trinajstić information content (AvgIpc) is 2.63. The lowest BCUT2D eigenvalue weighted by Gasteiger charge is -2.32. The number of nitrogens with zero attached hydrogens (tertiary/aromatic N) is 1. The molecule has 0 aliphatic carbocycles. The molecule has 3 nitrogen and oxygen atoms in total. The molecule has 1 aliphatic heterocycles. The van der Waals surface area contributed by atoms with E-state index in [2.05, 4.69) is 79.5 Å². The summed E-state index contributed by atoms with van der Waals surface area (Å²) in [4.78, 5) is 15.1. The van der Waals surface area contributed by atoms with Gasteiger partial charge in [0.15, 0.2) is 0 Å². The Kier molecular flexibility index (Phi) is 6.10. The second-order valence-electron chi connectivity index (χ2n) is 7.63. The summed E-state index contributed by atoms with van der Waals surface area (Å²) in [6.07, 6.45) is 1.89. The van der Waals surface area contributed by atoms with E-state index in [1.807, 2.05) is 0 Å². The molecule has 1 aliphatic rings. The van der Waals surface area contributed by atoms with Gasteiger partial charge in [0.1, 0.15) is 0 Å². The Balaban J connectivity index is 1.50. The normalized spacial score (nSPS) is 17.0. The average molecular weight is 351 g/mol. The highest BCUT2D eigenvalue weighted by atomic mass is 16.1. The van der Waals surface area contributed by atoms with Crippen LogP contribution in [0.2, 0.25) is 0 Å². The molecule has 0 bridgehead atoms. The lowest BCUT2D eigenvalue weighted by molar-refractivity contribution is -0.127. The number of hydrogen-bond donors (Lipinski definition) is 1. The largest absolute Gasteiger partial charge is 0.349 e. The number of rotatable bonds is 5. The second kappa shape index (κ2) is 8.50. The number of hydrogen-bond acceptors (Lipinski definition) is 2. The van der Waals surface area contributed by atoms with Crippen molar-refractivity contribution < 1.29 is 4.79 Å². The van der Waals surface area contributed by atoms with E-state index in [9.17, 15) is 4.79 Å². The maximum atomic E-state index is 12.7. The van der Waals surface area contributed by atoms with Gasteiger partial charge in [-0.05, 0) is 63.4 Å². The van der Waals surface area contributed by atoms with E-state index in [-0.39, 0.29) is 17.9 Å². The number of piperidine rings is 1. The van der Waals surface area contributed by atoms with Crippen molar-refractivity contribution in [2.75, 3.05) is 13.1 Å². The van der Waals surface area contributed by atoms with Gasteiger partial charge in [-0.1, -0.05) is 54.1 Å². The van der Waals surface area contributed by atoms with E-state index in [1.54, 1.807) is 0 Å². The second-order valence-corrected chi connectivity index (χ2v) is 7.63. The third kappa shape index (κ3) is 4.73. The first-order valence-corrected chi connectivity index (χ1v) is 9.66. The number of amides is 1. The fourth-order valence-electron chi connectivity index (χ4n) is 3.92. The van der Waals surface area contributed by atoms with Gasteiger partial charge in [0, 0.05) is 12.5 Å². The number of carbonyl (C=O) groups is 1. The molecule has 138 valence electrons. The molecule has 1 fully saturated rings.